The van der Waals surface area contributed by atoms with Crippen LogP contribution in [-0.2, 0) is 4.79 Å². The predicted molar refractivity (Wildman–Crippen MR) is 87.6 cm³/mol. The molecule has 0 saturated carbocycles. The number of thioether (sulfide) groups is 1. The highest BCUT2D eigenvalue weighted by Gasteiger charge is 2.42. The molecule has 0 radical (unpaired) electrons. The van der Waals surface area contributed by atoms with Gasteiger partial charge >= 0.3 is 0 Å². The van der Waals surface area contributed by atoms with Crippen LogP contribution < -0.4 is 5.32 Å². The van der Waals surface area contributed by atoms with Crippen LogP contribution in [0.4, 0.5) is 0 Å². The largest absolute Gasteiger partial charge is 0.459 e. The van der Waals surface area contributed by atoms with Gasteiger partial charge in [-0.25, -0.2) is 0 Å². The van der Waals surface area contributed by atoms with Gasteiger partial charge in [0.05, 0.1) is 11.6 Å². The number of nitrogens with one attached hydrogen (secondary N) is 1. The molecule has 22 heavy (non-hydrogen) atoms. The van der Waals surface area contributed by atoms with Crippen molar-refractivity contribution in [2.24, 2.45) is 5.92 Å². The second kappa shape index (κ2) is 7.22. The number of rotatable bonds is 5. The van der Waals surface area contributed by atoms with Crippen LogP contribution in [-0.4, -0.2) is 39.9 Å². The minimum absolute atomic E-state index is 0.0144. The molecule has 1 aliphatic heterocycles. The topological polar surface area (TPSA) is 62.6 Å². The predicted octanol–water partition coefficient (Wildman–Crippen LogP) is 2.73. The molecule has 0 bridgehead atoms. The minimum Gasteiger partial charge on any atom is -0.459 e. The smallest absolute Gasteiger partial charge is 0.291 e. The Balaban J connectivity index is 2.21. The van der Waals surface area contributed by atoms with Crippen molar-refractivity contribution in [2.75, 3.05) is 5.75 Å². The molecule has 1 fully saturated rings. The Morgan fingerprint density at radius 2 is 2.14 bits per heavy atom. The molecule has 6 heteroatoms. The van der Waals surface area contributed by atoms with Crippen LogP contribution >= 0.6 is 11.8 Å². The van der Waals surface area contributed by atoms with Crippen LogP contribution in [0.2, 0.25) is 0 Å². The van der Waals surface area contributed by atoms with Crippen molar-refractivity contribution >= 4 is 23.6 Å². The van der Waals surface area contributed by atoms with Gasteiger partial charge < -0.3 is 14.6 Å². The molecule has 2 amide bonds. The molecule has 1 aromatic heterocycles. The lowest BCUT2D eigenvalue weighted by atomic mass is 10.1. The van der Waals surface area contributed by atoms with Crippen molar-refractivity contribution < 1.29 is 14.0 Å². The molecule has 1 aliphatic rings. The van der Waals surface area contributed by atoms with Crippen molar-refractivity contribution in [1.29, 1.82) is 0 Å². The highest BCUT2D eigenvalue weighted by Crippen LogP contribution is 2.34. The number of nitrogens with zero attached hydrogens (tertiary/aromatic N) is 1. The molecule has 122 valence electrons. The zero-order valence-electron chi connectivity index (χ0n) is 13.5. The van der Waals surface area contributed by atoms with E-state index in [1.807, 2.05) is 13.8 Å². The summed E-state index contributed by atoms with van der Waals surface area (Å²) in [7, 11) is 0. The van der Waals surface area contributed by atoms with Gasteiger partial charge in [0.1, 0.15) is 6.04 Å². The highest BCUT2D eigenvalue weighted by atomic mass is 32.2. The molecule has 1 N–H and O–H groups in total. The van der Waals surface area contributed by atoms with Crippen LogP contribution in [0, 0.1) is 5.92 Å². The Labute approximate surface area is 135 Å². The van der Waals surface area contributed by atoms with E-state index in [-0.39, 0.29) is 23.2 Å². The van der Waals surface area contributed by atoms with Gasteiger partial charge in [0.15, 0.2) is 5.76 Å². The zero-order valence-corrected chi connectivity index (χ0v) is 14.4. The first-order valence-corrected chi connectivity index (χ1v) is 8.73. The van der Waals surface area contributed by atoms with Crippen molar-refractivity contribution in [3.05, 3.63) is 24.2 Å². The Kier molecular flexibility index (Phi) is 5.56. The monoisotopic (exact) mass is 324 g/mol. The van der Waals surface area contributed by atoms with Gasteiger partial charge in [-0.15, -0.1) is 11.8 Å². The van der Waals surface area contributed by atoms with Crippen molar-refractivity contribution in [3.8, 4) is 0 Å². The fourth-order valence-electron chi connectivity index (χ4n) is 2.53. The molecule has 2 unspecified atom stereocenters. The van der Waals surface area contributed by atoms with Crippen LogP contribution in [0.5, 0.6) is 0 Å². The number of carbonyl (C=O) groups excluding carboxylic acids is 2. The van der Waals surface area contributed by atoms with Gasteiger partial charge in [0, 0.05) is 11.8 Å². The van der Waals surface area contributed by atoms with E-state index in [1.165, 1.54) is 6.26 Å². The third-order valence-electron chi connectivity index (χ3n) is 3.47. The summed E-state index contributed by atoms with van der Waals surface area (Å²) >= 11 is 1.67. The first-order valence-electron chi connectivity index (χ1n) is 7.68. The van der Waals surface area contributed by atoms with Crippen molar-refractivity contribution in [3.63, 3.8) is 0 Å². The number of furan rings is 1. The molecule has 2 rings (SSSR count). The van der Waals surface area contributed by atoms with Gasteiger partial charge in [-0.2, -0.15) is 0 Å². The van der Waals surface area contributed by atoms with Gasteiger partial charge in [0.25, 0.3) is 5.91 Å². The first-order chi connectivity index (χ1) is 10.4. The number of hydrogen-bond acceptors (Lipinski definition) is 4. The van der Waals surface area contributed by atoms with E-state index in [4.69, 9.17) is 4.42 Å². The molecule has 2 atom stereocenters. The fraction of sp³-hybridized carbons (Fsp3) is 0.625. The van der Waals surface area contributed by atoms with E-state index >= 15 is 0 Å². The van der Waals surface area contributed by atoms with Crippen LogP contribution in [0.1, 0.15) is 44.7 Å². The third kappa shape index (κ3) is 3.85. The van der Waals surface area contributed by atoms with E-state index in [0.29, 0.717) is 17.4 Å². The minimum atomic E-state index is -0.436. The van der Waals surface area contributed by atoms with Gasteiger partial charge in [0.2, 0.25) is 5.91 Å². The summed E-state index contributed by atoms with van der Waals surface area (Å²) in [6.07, 6.45) is 2.35. The Bertz CT molecular complexity index is 513. The highest BCUT2D eigenvalue weighted by molar-refractivity contribution is 8.00. The van der Waals surface area contributed by atoms with Crippen LogP contribution in [0.15, 0.2) is 22.8 Å². The maximum Gasteiger partial charge on any atom is 0.291 e. The summed E-state index contributed by atoms with van der Waals surface area (Å²) in [6, 6.07) is 2.96. The molecule has 0 aliphatic carbocycles. The van der Waals surface area contributed by atoms with Crippen LogP contribution in [0.25, 0.3) is 0 Å². The summed E-state index contributed by atoms with van der Waals surface area (Å²) in [5.74, 6) is 1.08. The Morgan fingerprint density at radius 3 is 2.68 bits per heavy atom. The summed E-state index contributed by atoms with van der Waals surface area (Å²) in [5, 5.41) is 2.93. The lowest BCUT2D eigenvalue weighted by molar-refractivity contribution is -0.125. The molecule has 0 spiro atoms. The lowest BCUT2D eigenvalue weighted by Gasteiger charge is -2.29. The normalized spacial score (nSPS) is 21.6. The third-order valence-corrected chi connectivity index (χ3v) is 4.78. The average Bonchev–Trinajstić information content (AvgIpc) is 3.05. The fourth-order valence-corrected chi connectivity index (χ4v) is 4.17. The van der Waals surface area contributed by atoms with Gasteiger partial charge in [-0.05, 0) is 38.3 Å². The van der Waals surface area contributed by atoms with E-state index in [0.717, 1.165) is 6.42 Å². The second-order valence-electron chi connectivity index (χ2n) is 6.29. The van der Waals surface area contributed by atoms with Gasteiger partial charge in [-0.1, -0.05) is 13.8 Å². The maximum atomic E-state index is 12.7. The number of carbonyl (C=O) groups is 2. The Hall–Kier alpha value is -1.43. The second-order valence-corrected chi connectivity index (χ2v) is 7.50. The molecule has 1 saturated heterocycles. The standard InChI is InChI=1S/C16H24N2O3S/c1-10(2)8-14-18(16(20)13-6-5-7-21-13)12(9-22-14)15(19)17-11(3)4/h5-7,10-12,14H,8-9H2,1-4H3,(H,17,19). The maximum absolute atomic E-state index is 12.7. The number of amides is 2. The number of hydrogen-bond donors (Lipinski definition) is 1. The SMILES string of the molecule is CC(C)CC1SCC(C(=O)NC(C)C)N1C(=O)c1ccco1. The van der Waals surface area contributed by atoms with E-state index in [2.05, 4.69) is 19.2 Å². The van der Waals surface area contributed by atoms with E-state index in [1.54, 1.807) is 28.8 Å². The molecule has 0 aromatic carbocycles. The molecule has 5 nitrogen and oxygen atoms in total. The molecule has 2 heterocycles. The molecule has 1 aromatic rings. The summed E-state index contributed by atoms with van der Waals surface area (Å²) in [6.45, 7) is 8.09. The molecular formula is C16H24N2O3S. The molecular weight excluding hydrogens is 300 g/mol. The van der Waals surface area contributed by atoms with Gasteiger partial charge in [-0.3, -0.25) is 9.59 Å². The van der Waals surface area contributed by atoms with Crippen LogP contribution in [0.3, 0.4) is 0 Å². The van der Waals surface area contributed by atoms with Crippen molar-refractivity contribution in [2.45, 2.75) is 51.6 Å². The lowest BCUT2D eigenvalue weighted by Crippen LogP contribution is -2.51. The quantitative estimate of drug-likeness (QED) is 0.904. The summed E-state index contributed by atoms with van der Waals surface area (Å²) in [5.41, 5.74) is 0. The van der Waals surface area contributed by atoms with E-state index in [9.17, 15) is 9.59 Å². The van der Waals surface area contributed by atoms with Crippen molar-refractivity contribution in [1.82, 2.24) is 10.2 Å². The van der Waals surface area contributed by atoms with E-state index < -0.39 is 6.04 Å². The Morgan fingerprint density at radius 1 is 1.41 bits per heavy atom. The summed E-state index contributed by atoms with van der Waals surface area (Å²) < 4.78 is 5.24. The average molecular weight is 324 g/mol. The zero-order chi connectivity index (χ0) is 16.3. The first kappa shape index (κ1) is 16.9. The summed E-state index contributed by atoms with van der Waals surface area (Å²) in [4.78, 5) is 26.9.